The van der Waals surface area contributed by atoms with E-state index in [-0.39, 0.29) is 49.3 Å². The first-order valence-electron chi connectivity index (χ1n) is 17.7. The number of methoxy groups -OCH3 is 1. The molecule has 3 rings (SSSR count). The third kappa shape index (κ3) is 10.8. The summed E-state index contributed by atoms with van der Waals surface area (Å²) >= 11 is 0. The molecule has 1 fully saturated rings. The van der Waals surface area contributed by atoms with Crippen molar-refractivity contribution in [2.24, 2.45) is 17.8 Å². The Balaban J connectivity index is 1.97. The Morgan fingerprint density at radius 3 is 2.37 bits per heavy atom. The molecule has 0 radical (unpaired) electrons. The molecule has 2 heterocycles. The van der Waals surface area contributed by atoms with E-state index < -0.39 is 29.1 Å². The zero-order valence-electron chi connectivity index (χ0n) is 31.6. The van der Waals surface area contributed by atoms with Crippen LogP contribution in [-0.2, 0) is 28.6 Å². The van der Waals surface area contributed by atoms with Crippen LogP contribution in [-0.4, -0.2) is 98.6 Å². The molecule has 0 spiro atoms. The van der Waals surface area contributed by atoms with E-state index in [2.05, 4.69) is 19.2 Å². The summed E-state index contributed by atoms with van der Waals surface area (Å²) in [4.78, 5) is 60.1. The highest BCUT2D eigenvalue weighted by Crippen LogP contribution is 2.41. The van der Waals surface area contributed by atoms with Gasteiger partial charge in [-0.1, -0.05) is 13.8 Å². The van der Waals surface area contributed by atoms with E-state index in [9.17, 15) is 19.2 Å². The van der Waals surface area contributed by atoms with E-state index in [1.807, 2.05) is 32.9 Å². The van der Waals surface area contributed by atoms with Crippen LogP contribution in [0.4, 0.5) is 16.2 Å². The van der Waals surface area contributed by atoms with Crippen LogP contribution in [0.2, 0.25) is 0 Å². The highest BCUT2D eigenvalue weighted by molar-refractivity contribution is 6.04. The lowest BCUT2D eigenvalue weighted by atomic mass is 9.87. The van der Waals surface area contributed by atoms with Crippen LogP contribution < -0.4 is 19.9 Å². The van der Waals surface area contributed by atoms with Gasteiger partial charge in [0.1, 0.15) is 11.4 Å². The third-order valence-electron chi connectivity index (χ3n) is 8.57. The van der Waals surface area contributed by atoms with Crippen molar-refractivity contribution in [2.75, 3.05) is 56.4 Å². The molecule has 12 nitrogen and oxygen atoms in total. The lowest BCUT2D eigenvalue weighted by Gasteiger charge is -2.41. The number of likely N-dealkylation sites (tertiary alicyclic amines) is 1. The third-order valence-corrected chi connectivity index (χ3v) is 8.57. The molecular formula is C37H60N4O8. The molecule has 0 aliphatic carbocycles. The number of nitrogens with zero attached hydrogens (tertiary/aromatic N) is 3. The fraction of sp³-hybridized carbons (Fsp3) is 0.730. The maximum atomic E-state index is 14.6. The van der Waals surface area contributed by atoms with Crippen molar-refractivity contribution in [3.05, 3.63) is 18.2 Å². The Hall–Kier alpha value is -3.38. The number of hydrogen-bond donors (Lipinski definition) is 1. The molecule has 1 aromatic rings. The van der Waals surface area contributed by atoms with Crippen LogP contribution in [0.1, 0.15) is 88.5 Å². The summed E-state index contributed by atoms with van der Waals surface area (Å²) < 4.78 is 22.7. The SMILES string of the molecule is CCOCC(CC(C)C)NC(=O)[C@H]1C[C@@H](C(=O)N(c2ccc3c(c2)N(CCCOC)C(=O)C(C)(C)O3)C(C)C)CN(C(=O)OC(C)(C)C)C1. The minimum absolute atomic E-state index is 0.110. The number of benzene rings is 1. The number of piperidine rings is 1. The molecule has 2 aliphatic heterocycles. The van der Waals surface area contributed by atoms with Crippen LogP contribution in [0.25, 0.3) is 0 Å². The normalized spacial score (nSPS) is 19.7. The molecule has 0 saturated carbocycles. The smallest absolute Gasteiger partial charge is 0.410 e. The van der Waals surface area contributed by atoms with Crippen LogP contribution in [0.5, 0.6) is 5.75 Å². The molecule has 1 aromatic carbocycles. The number of carbonyl (C=O) groups excluding carboxylic acids is 4. The van der Waals surface area contributed by atoms with Gasteiger partial charge in [0, 0.05) is 51.7 Å². The van der Waals surface area contributed by atoms with Crippen molar-refractivity contribution < 1.29 is 38.1 Å². The summed E-state index contributed by atoms with van der Waals surface area (Å²) in [5, 5.41) is 3.15. The molecule has 3 atom stereocenters. The molecule has 1 saturated heterocycles. The monoisotopic (exact) mass is 688 g/mol. The molecule has 49 heavy (non-hydrogen) atoms. The largest absolute Gasteiger partial charge is 0.476 e. The van der Waals surface area contributed by atoms with Crippen molar-refractivity contribution in [1.82, 2.24) is 10.2 Å². The van der Waals surface area contributed by atoms with Crippen LogP contribution in [0.15, 0.2) is 18.2 Å². The van der Waals surface area contributed by atoms with Gasteiger partial charge < -0.3 is 39.0 Å². The summed E-state index contributed by atoms with van der Waals surface area (Å²) in [6.45, 7) is 20.9. The highest BCUT2D eigenvalue weighted by atomic mass is 16.6. The fourth-order valence-corrected chi connectivity index (χ4v) is 6.43. The van der Waals surface area contributed by atoms with E-state index in [1.54, 1.807) is 57.6 Å². The number of rotatable bonds is 14. The quantitative estimate of drug-likeness (QED) is 0.257. The predicted molar refractivity (Wildman–Crippen MR) is 190 cm³/mol. The van der Waals surface area contributed by atoms with Gasteiger partial charge in [-0.3, -0.25) is 14.4 Å². The zero-order chi connectivity index (χ0) is 36.7. The van der Waals surface area contributed by atoms with Gasteiger partial charge in [-0.05, 0) is 98.8 Å². The summed E-state index contributed by atoms with van der Waals surface area (Å²) in [5.74, 6) is -1.03. The fourth-order valence-electron chi connectivity index (χ4n) is 6.43. The second-order valence-electron chi connectivity index (χ2n) is 15.4. The summed E-state index contributed by atoms with van der Waals surface area (Å²) in [5.41, 5.74) is -0.620. The first-order valence-corrected chi connectivity index (χ1v) is 17.7. The Labute approximate surface area is 293 Å². The topological polar surface area (TPSA) is 127 Å². The molecule has 0 aromatic heterocycles. The van der Waals surface area contributed by atoms with Gasteiger partial charge in [0.15, 0.2) is 5.60 Å². The minimum Gasteiger partial charge on any atom is -0.476 e. The Morgan fingerprint density at radius 2 is 1.78 bits per heavy atom. The van der Waals surface area contributed by atoms with E-state index in [0.717, 1.165) is 6.42 Å². The van der Waals surface area contributed by atoms with Gasteiger partial charge >= 0.3 is 6.09 Å². The van der Waals surface area contributed by atoms with E-state index >= 15 is 0 Å². The molecule has 4 amide bonds. The van der Waals surface area contributed by atoms with Crippen molar-refractivity contribution in [1.29, 1.82) is 0 Å². The van der Waals surface area contributed by atoms with Crippen LogP contribution in [0.3, 0.4) is 0 Å². The standard InChI is InChI=1S/C37H60N4O8/c1-12-47-23-28(18-24(2)3)38-32(42)26-19-27(22-39(21-26)35(45)49-36(6,7)8)33(43)41(25(4)5)29-14-15-31-30(20-29)40(16-13-17-46-11)34(44)37(9,10)48-31/h14-15,20,24-28H,12-13,16-19,21-23H2,1-11H3,(H,38,42)/t26-,27+,28?/m0/s1. The molecule has 1 N–H and O–H groups in total. The lowest BCUT2D eigenvalue weighted by Crippen LogP contribution is -2.55. The summed E-state index contributed by atoms with van der Waals surface area (Å²) in [7, 11) is 1.62. The van der Waals surface area contributed by atoms with Crippen LogP contribution in [0, 0.1) is 17.8 Å². The minimum atomic E-state index is -1.05. The number of hydrogen-bond acceptors (Lipinski definition) is 8. The molecule has 1 unspecified atom stereocenters. The van der Waals surface area contributed by atoms with Crippen LogP contribution >= 0.6 is 0 Å². The second kappa shape index (κ2) is 17.0. The lowest BCUT2D eigenvalue weighted by molar-refractivity contribution is -0.133. The average molecular weight is 689 g/mol. The number of fused-ring (bicyclic) bond motifs is 1. The van der Waals surface area contributed by atoms with Crippen molar-refractivity contribution >= 4 is 35.2 Å². The molecule has 2 aliphatic rings. The number of ether oxygens (including phenoxy) is 4. The number of nitrogens with one attached hydrogen (secondary N) is 1. The van der Waals surface area contributed by atoms with Gasteiger partial charge in [-0.2, -0.15) is 0 Å². The second-order valence-corrected chi connectivity index (χ2v) is 15.4. The van der Waals surface area contributed by atoms with E-state index in [0.29, 0.717) is 55.8 Å². The maximum absolute atomic E-state index is 14.6. The summed E-state index contributed by atoms with van der Waals surface area (Å²) in [6.07, 6.45) is 1.07. The molecule has 12 heteroatoms. The number of anilines is 2. The Kier molecular flexibility index (Phi) is 13.9. The first kappa shape index (κ1) is 40.1. The van der Waals surface area contributed by atoms with Gasteiger partial charge in [-0.25, -0.2) is 4.79 Å². The van der Waals surface area contributed by atoms with E-state index in [4.69, 9.17) is 18.9 Å². The van der Waals surface area contributed by atoms with Crippen molar-refractivity contribution in [3.8, 4) is 5.75 Å². The van der Waals surface area contributed by atoms with Crippen molar-refractivity contribution in [2.45, 2.75) is 112 Å². The highest BCUT2D eigenvalue weighted by Gasteiger charge is 2.43. The maximum Gasteiger partial charge on any atom is 0.410 e. The van der Waals surface area contributed by atoms with Gasteiger partial charge in [-0.15, -0.1) is 0 Å². The Bertz CT molecular complexity index is 1310. The van der Waals surface area contributed by atoms with Gasteiger partial charge in [0.2, 0.25) is 11.8 Å². The molecule has 0 bridgehead atoms. The predicted octanol–water partition coefficient (Wildman–Crippen LogP) is 5.41. The average Bonchev–Trinajstić information content (AvgIpc) is 3.00. The Morgan fingerprint density at radius 1 is 1.10 bits per heavy atom. The zero-order valence-corrected chi connectivity index (χ0v) is 31.6. The first-order chi connectivity index (χ1) is 22.9. The van der Waals surface area contributed by atoms with Gasteiger partial charge in [0.05, 0.1) is 30.2 Å². The summed E-state index contributed by atoms with van der Waals surface area (Å²) in [6, 6.07) is 4.97. The number of carbonyl (C=O) groups is 4. The van der Waals surface area contributed by atoms with Gasteiger partial charge in [0.25, 0.3) is 5.91 Å². The van der Waals surface area contributed by atoms with Crippen molar-refractivity contribution in [3.63, 3.8) is 0 Å². The van der Waals surface area contributed by atoms with E-state index in [1.165, 1.54) is 4.90 Å². The number of amides is 4. The molecular weight excluding hydrogens is 628 g/mol. The molecule has 276 valence electrons.